The highest BCUT2D eigenvalue weighted by molar-refractivity contribution is 9.10. The number of ether oxygens (including phenoxy) is 1. The Morgan fingerprint density at radius 1 is 0.962 bits per heavy atom. The normalized spacial score (nSPS) is 10.7. The van der Waals surface area contributed by atoms with Crippen molar-refractivity contribution in [3.8, 4) is 5.75 Å². The van der Waals surface area contributed by atoms with Gasteiger partial charge in [-0.15, -0.1) is 0 Å². The predicted octanol–water partition coefficient (Wildman–Crippen LogP) is 4.79. The summed E-state index contributed by atoms with van der Waals surface area (Å²) in [6.07, 6.45) is 1.60. The lowest BCUT2D eigenvalue weighted by atomic mass is 10.2. The van der Waals surface area contributed by atoms with Gasteiger partial charge in [-0.2, -0.15) is 5.10 Å². The minimum Gasteiger partial charge on any atom is -0.489 e. The molecule has 1 amide bonds. The summed E-state index contributed by atoms with van der Waals surface area (Å²) in [6.45, 7) is 0.453. The molecule has 130 valence electrons. The first-order valence-corrected chi connectivity index (χ1v) is 8.86. The quantitative estimate of drug-likeness (QED) is 0.470. The van der Waals surface area contributed by atoms with Crippen LogP contribution in [0.15, 0.2) is 88.4 Å². The van der Waals surface area contributed by atoms with E-state index in [2.05, 4.69) is 26.5 Å². The molecule has 0 bridgehead atoms. The van der Waals surface area contributed by atoms with Gasteiger partial charge in [-0.05, 0) is 35.9 Å². The fourth-order valence-electron chi connectivity index (χ4n) is 2.25. The largest absolute Gasteiger partial charge is 0.489 e. The third kappa shape index (κ3) is 5.04. The number of amides is 1. The molecule has 0 aliphatic heterocycles. The van der Waals surface area contributed by atoms with Crippen LogP contribution in [0.2, 0.25) is 0 Å². The number of carbonyl (C=O) groups excluding carboxylic acids is 1. The molecular weight excluding hydrogens is 392 g/mol. The molecule has 3 rings (SSSR count). The van der Waals surface area contributed by atoms with E-state index >= 15 is 0 Å². The van der Waals surface area contributed by atoms with E-state index in [1.807, 2.05) is 54.6 Å². The topological polar surface area (TPSA) is 50.7 Å². The van der Waals surface area contributed by atoms with E-state index in [1.165, 1.54) is 0 Å². The number of halogens is 1. The van der Waals surface area contributed by atoms with Gasteiger partial charge in [0.05, 0.1) is 6.21 Å². The molecule has 0 saturated carbocycles. The van der Waals surface area contributed by atoms with E-state index in [4.69, 9.17) is 4.74 Å². The maximum absolute atomic E-state index is 12.1. The third-order valence-electron chi connectivity index (χ3n) is 3.65. The molecule has 0 atom stereocenters. The summed E-state index contributed by atoms with van der Waals surface area (Å²) < 4.78 is 6.76. The second-order valence-electron chi connectivity index (χ2n) is 5.51. The summed E-state index contributed by atoms with van der Waals surface area (Å²) in [4.78, 5) is 12.1. The van der Waals surface area contributed by atoms with E-state index < -0.39 is 0 Å². The van der Waals surface area contributed by atoms with Crippen molar-refractivity contribution >= 4 is 28.1 Å². The Bertz CT molecular complexity index is 893. The average molecular weight is 409 g/mol. The Labute approximate surface area is 160 Å². The van der Waals surface area contributed by atoms with Gasteiger partial charge in [0, 0.05) is 15.6 Å². The number of carbonyl (C=O) groups is 1. The molecule has 3 aromatic rings. The first-order valence-electron chi connectivity index (χ1n) is 8.07. The van der Waals surface area contributed by atoms with Crippen LogP contribution in [-0.2, 0) is 6.61 Å². The van der Waals surface area contributed by atoms with Crippen LogP contribution in [0.1, 0.15) is 21.5 Å². The third-order valence-corrected chi connectivity index (χ3v) is 4.42. The lowest BCUT2D eigenvalue weighted by Crippen LogP contribution is -2.17. The summed E-state index contributed by atoms with van der Waals surface area (Å²) in [5, 5.41) is 3.97. The highest BCUT2D eigenvalue weighted by Gasteiger charge is 2.05. The van der Waals surface area contributed by atoms with Crippen LogP contribution in [0.25, 0.3) is 0 Å². The van der Waals surface area contributed by atoms with E-state index in [9.17, 15) is 4.79 Å². The van der Waals surface area contributed by atoms with Gasteiger partial charge in [0.1, 0.15) is 12.4 Å². The lowest BCUT2D eigenvalue weighted by molar-refractivity contribution is 0.0955. The molecule has 5 heteroatoms. The van der Waals surface area contributed by atoms with Crippen molar-refractivity contribution in [1.82, 2.24) is 5.43 Å². The van der Waals surface area contributed by atoms with Crippen LogP contribution in [0.5, 0.6) is 5.75 Å². The average Bonchev–Trinajstić information content (AvgIpc) is 2.68. The number of hydrazone groups is 1. The molecule has 0 heterocycles. The van der Waals surface area contributed by atoms with Gasteiger partial charge >= 0.3 is 0 Å². The predicted molar refractivity (Wildman–Crippen MR) is 106 cm³/mol. The van der Waals surface area contributed by atoms with Gasteiger partial charge in [0.2, 0.25) is 0 Å². The Kier molecular flexibility index (Phi) is 6.17. The number of hydrogen-bond acceptors (Lipinski definition) is 3. The second-order valence-corrected chi connectivity index (χ2v) is 6.37. The lowest BCUT2D eigenvalue weighted by Gasteiger charge is -2.08. The highest BCUT2D eigenvalue weighted by atomic mass is 79.9. The molecule has 0 aromatic heterocycles. The van der Waals surface area contributed by atoms with Crippen molar-refractivity contribution in [1.29, 1.82) is 0 Å². The van der Waals surface area contributed by atoms with E-state index in [0.29, 0.717) is 17.9 Å². The van der Waals surface area contributed by atoms with Crippen LogP contribution in [0, 0.1) is 0 Å². The van der Waals surface area contributed by atoms with Crippen molar-refractivity contribution in [2.45, 2.75) is 6.61 Å². The first kappa shape index (κ1) is 17.9. The Balaban J connectivity index is 1.54. The molecule has 0 saturated heterocycles. The van der Waals surface area contributed by atoms with Crippen LogP contribution in [0.3, 0.4) is 0 Å². The van der Waals surface area contributed by atoms with Crippen LogP contribution in [0.4, 0.5) is 0 Å². The molecular formula is C21H17BrN2O2. The van der Waals surface area contributed by atoms with Crippen LogP contribution in [-0.4, -0.2) is 12.1 Å². The van der Waals surface area contributed by atoms with Crippen molar-refractivity contribution in [3.63, 3.8) is 0 Å². The van der Waals surface area contributed by atoms with Gasteiger partial charge in [0.15, 0.2) is 0 Å². The first-order chi connectivity index (χ1) is 12.7. The summed E-state index contributed by atoms with van der Waals surface area (Å²) >= 11 is 3.50. The zero-order valence-corrected chi connectivity index (χ0v) is 15.5. The van der Waals surface area contributed by atoms with Crippen molar-refractivity contribution < 1.29 is 9.53 Å². The SMILES string of the molecule is O=C(N/N=C/c1ccccc1)c1ccc(OCc2ccccc2Br)cc1. The number of rotatable bonds is 6. The van der Waals surface area contributed by atoms with Crippen LogP contribution < -0.4 is 10.2 Å². The van der Waals surface area contributed by atoms with Gasteiger partial charge in [-0.3, -0.25) is 4.79 Å². The summed E-state index contributed by atoms with van der Waals surface area (Å²) in [5.74, 6) is 0.430. The summed E-state index contributed by atoms with van der Waals surface area (Å²) in [6, 6.07) is 24.4. The number of nitrogens with zero attached hydrogens (tertiary/aromatic N) is 1. The molecule has 1 N–H and O–H groups in total. The fourth-order valence-corrected chi connectivity index (χ4v) is 2.65. The second kappa shape index (κ2) is 8.97. The molecule has 26 heavy (non-hydrogen) atoms. The monoisotopic (exact) mass is 408 g/mol. The van der Waals surface area contributed by atoms with Crippen LogP contribution >= 0.6 is 15.9 Å². The zero-order chi connectivity index (χ0) is 18.2. The molecule has 0 unspecified atom stereocenters. The minimum absolute atomic E-state index is 0.269. The number of nitrogens with one attached hydrogen (secondary N) is 1. The Morgan fingerprint density at radius 2 is 1.65 bits per heavy atom. The maximum Gasteiger partial charge on any atom is 0.271 e. The van der Waals surface area contributed by atoms with Gasteiger partial charge in [0.25, 0.3) is 5.91 Å². The summed E-state index contributed by atoms with van der Waals surface area (Å²) in [5.41, 5.74) is 5.01. The fraction of sp³-hybridized carbons (Fsp3) is 0.0476. The zero-order valence-electron chi connectivity index (χ0n) is 13.9. The van der Waals surface area contributed by atoms with Gasteiger partial charge in [-0.1, -0.05) is 64.5 Å². The Hall–Kier alpha value is -2.92. The number of benzene rings is 3. The van der Waals surface area contributed by atoms with Crippen molar-refractivity contribution in [2.75, 3.05) is 0 Å². The van der Waals surface area contributed by atoms with E-state index in [0.717, 1.165) is 15.6 Å². The molecule has 0 radical (unpaired) electrons. The molecule has 0 fully saturated rings. The van der Waals surface area contributed by atoms with Gasteiger partial charge in [-0.25, -0.2) is 5.43 Å². The molecule has 0 aliphatic carbocycles. The maximum atomic E-state index is 12.1. The molecule has 4 nitrogen and oxygen atoms in total. The minimum atomic E-state index is -0.269. The van der Waals surface area contributed by atoms with Crippen molar-refractivity contribution in [3.05, 3.63) is 100 Å². The van der Waals surface area contributed by atoms with E-state index in [-0.39, 0.29) is 5.91 Å². The molecule has 0 aliphatic rings. The Morgan fingerprint density at radius 3 is 2.38 bits per heavy atom. The summed E-state index contributed by atoms with van der Waals surface area (Å²) in [7, 11) is 0. The van der Waals surface area contributed by atoms with Crippen molar-refractivity contribution in [2.24, 2.45) is 5.10 Å². The molecule has 3 aromatic carbocycles. The highest BCUT2D eigenvalue weighted by Crippen LogP contribution is 2.19. The van der Waals surface area contributed by atoms with E-state index in [1.54, 1.807) is 30.5 Å². The molecule has 0 spiro atoms. The number of hydrogen-bond donors (Lipinski definition) is 1. The standard InChI is InChI=1S/C21H17BrN2O2/c22-20-9-5-4-8-18(20)15-26-19-12-10-17(11-13-19)21(25)24-23-14-16-6-2-1-3-7-16/h1-14H,15H2,(H,24,25)/b23-14+. The smallest absolute Gasteiger partial charge is 0.271 e. The van der Waals surface area contributed by atoms with Gasteiger partial charge < -0.3 is 4.74 Å².